The number of hydrogen-bond acceptors (Lipinski definition) is 3. The minimum atomic E-state index is -1.04. The Hall–Kier alpha value is -2.22. The van der Waals surface area contributed by atoms with Crippen molar-refractivity contribution in [2.75, 3.05) is 13.7 Å². The van der Waals surface area contributed by atoms with E-state index in [-0.39, 0.29) is 25.1 Å². The zero-order chi connectivity index (χ0) is 15.8. The lowest BCUT2D eigenvalue weighted by molar-refractivity contribution is -0.139. The number of methoxy groups -OCH3 is 1. The van der Waals surface area contributed by atoms with Gasteiger partial charge in [-0.3, -0.25) is 4.79 Å². The molecule has 116 valence electrons. The second-order valence-corrected chi connectivity index (χ2v) is 4.25. The molecule has 1 aromatic carbocycles. The number of carboxylic acid groups (broad SMARTS) is 1. The van der Waals surface area contributed by atoms with Crippen molar-refractivity contribution in [2.24, 2.45) is 0 Å². The molecule has 0 aliphatic carbocycles. The molecule has 1 rings (SSSR count). The highest BCUT2D eigenvalue weighted by atomic mass is 19.1. The summed E-state index contributed by atoms with van der Waals surface area (Å²) >= 11 is 0. The molecule has 0 saturated carbocycles. The summed E-state index contributed by atoms with van der Waals surface area (Å²) in [4.78, 5) is 22.0. The van der Waals surface area contributed by atoms with E-state index in [0.717, 1.165) is 12.1 Å². The van der Waals surface area contributed by atoms with Crippen molar-refractivity contribution in [2.45, 2.75) is 19.1 Å². The van der Waals surface area contributed by atoms with E-state index in [0.29, 0.717) is 0 Å². The van der Waals surface area contributed by atoms with Crippen LogP contribution in [-0.4, -0.2) is 36.9 Å². The fourth-order valence-electron chi connectivity index (χ4n) is 1.54. The van der Waals surface area contributed by atoms with E-state index < -0.39 is 29.7 Å². The molecular weight excluding hydrogens is 286 g/mol. The topological polar surface area (TPSA) is 87.7 Å². The van der Waals surface area contributed by atoms with Gasteiger partial charge < -0.3 is 20.5 Å². The molecule has 3 N–H and O–H groups in total. The van der Waals surface area contributed by atoms with Gasteiger partial charge in [0.1, 0.15) is 11.6 Å². The predicted molar refractivity (Wildman–Crippen MR) is 69.6 cm³/mol. The third-order valence-electron chi connectivity index (χ3n) is 2.68. The highest BCUT2D eigenvalue weighted by Gasteiger charge is 2.13. The molecule has 1 unspecified atom stereocenters. The Balaban J connectivity index is 2.38. The number of carbonyl (C=O) groups is 2. The smallest absolute Gasteiger partial charge is 0.315 e. The molecule has 0 heterocycles. The van der Waals surface area contributed by atoms with Gasteiger partial charge in [-0.15, -0.1) is 0 Å². The number of aliphatic carboxylic acids is 1. The molecule has 0 aliphatic heterocycles. The van der Waals surface area contributed by atoms with E-state index in [1.54, 1.807) is 0 Å². The fraction of sp³-hybridized carbons (Fsp3) is 0.385. The van der Waals surface area contributed by atoms with Crippen LogP contribution >= 0.6 is 0 Å². The minimum absolute atomic E-state index is 0.000529. The van der Waals surface area contributed by atoms with Gasteiger partial charge >= 0.3 is 12.0 Å². The molecule has 0 bridgehead atoms. The average Bonchev–Trinajstić information content (AvgIpc) is 2.42. The third-order valence-corrected chi connectivity index (χ3v) is 2.68. The fourth-order valence-corrected chi connectivity index (χ4v) is 1.54. The Kier molecular flexibility index (Phi) is 6.54. The molecule has 0 radical (unpaired) electrons. The normalized spacial score (nSPS) is 11.8. The molecule has 2 amide bonds. The maximum absolute atomic E-state index is 13.3. The van der Waals surface area contributed by atoms with Crippen LogP contribution in [0.1, 0.15) is 12.0 Å². The maximum Gasteiger partial charge on any atom is 0.315 e. The summed E-state index contributed by atoms with van der Waals surface area (Å²) in [5, 5.41) is 13.4. The largest absolute Gasteiger partial charge is 0.481 e. The molecule has 0 saturated heterocycles. The van der Waals surface area contributed by atoms with Gasteiger partial charge in [0.15, 0.2) is 0 Å². The first-order chi connectivity index (χ1) is 9.92. The second-order valence-electron chi connectivity index (χ2n) is 4.25. The van der Waals surface area contributed by atoms with Crippen molar-refractivity contribution < 1.29 is 28.2 Å². The Labute approximate surface area is 120 Å². The van der Waals surface area contributed by atoms with Gasteiger partial charge in [0.05, 0.1) is 12.5 Å². The zero-order valence-corrected chi connectivity index (χ0v) is 11.4. The molecule has 21 heavy (non-hydrogen) atoms. The number of urea groups is 1. The van der Waals surface area contributed by atoms with Crippen molar-refractivity contribution >= 4 is 12.0 Å². The maximum atomic E-state index is 13.3. The summed E-state index contributed by atoms with van der Waals surface area (Å²) in [6, 6.07) is 2.44. The first kappa shape index (κ1) is 16.8. The Morgan fingerprint density at radius 3 is 2.62 bits per heavy atom. The van der Waals surface area contributed by atoms with Crippen LogP contribution < -0.4 is 10.6 Å². The lowest BCUT2D eigenvalue weighted by Gasteiger charge is -2.14. The monoisotopic (exact) mass is 302 g/mol. The highest BCUT2D eigenvalue weighted by Crippen LogP contribution is 2.08. The van der Waals surface area contributed by atoms with Crippen molar-refractivity contribution in [3.63, 3.8) is 0 Å². The molecule has 0 aromatic heterocycles. The number of hydrogen-bond donors (Lipinski definition) is 3. The molecule has 1 aromatic rings. The molecular formula is C13H16F2N2O4. The molecule has 1 atom stereocenters. The first-order valence-corrected chi connectivity index (χ1v) is 6.12. The van der Waals surface area contributed by atoms with Crippen molar-refractivity contribution in [1.82, 2.24) is 10.6 Å². The number of nitrogens with one attached hydrogen (secondary N) is 2. The van der Waals surface area contributed by atoms with Crippen LogP contribution in [0.15, 0.2) is 18.2 Å². The zero-order valence-electron chi connectivity index (χ0n) is 11.4. The Bertz CT molecular complexity index is 511. The summed E-state index contributed by atoms with van der Waals surface area (Å²) in [7, 11) is 1.33. The quantitative estimate of drug-likeness (QED) is 0.707. The number of halogens is 2. The summed E-state index contributed by atoms with van der Waals surface area (Å²) in [6.07, 6.45) is -0.903. The van der Waals surface area contributed by atoms with Crippen LogP contribution in [0.2, 0.25) is 0 Å². The van der Waals surface area contributed by atoms with Crippen LogP contribution in [0.5, 0.6) is 0 Å². The highest BCUT2D eigenvalue weighted by molar-refractivity contribution is 5.74. The molecule has 6 nitrogen and oxygen atoms in total. The molecule has 0 fully saturated rings. The summed E-state index contributed by atoms with van der Waals surface area (Å²) < 4.78 is 30.9. The van der Waals surface area contributed by atoms with E-state index >= 15 is 0 Å². The second kappa shape index (κ2) is 8.15. The van der Waals surface area contributed by atoms with Crippen LogP contribution in [0.3, 0.4) is 0 Å². The van der Waals surface area contributed by atoms with Crippen LogP contribution in [0.25, 0.3) is 0 Å². The van der Waals surface area contributed by atoms with Crippen LogP contribution in [0.4, 0.5) is 13.6 Å². The van der Waals surface area contributed by atoms with Crippen molar-refractivity contribution in [1.29, 1.82) is 0 Å². The standard InChI is InChI=1S/C13H16F2N2O4/c1-21-10(5-12(18)19)7-17-13(20)16-6-8-2-3-9(14)4-11(8)15/h2-4,10H,5-7H2,1H3,(H,18,19)(H2,16,17,20). The summed E-state index contributed by atoms with van der Waals surface area (Å²) in [6.45, 7) is -0.116. The molecule has 0 aliphatic rings. The summed E-state index contributed by atoms with van der Waals surface area (Å²) in [5.74, 6) is -2.49. The third kappa shape index (κ3) is 6.17. The van der Waals surface area contributed by atoms with Gasteiger partial charge in [-0.1, -0.05) is 6.07 Å². The number of carbonyl (C=O) groups excluding carboxylic acids is 1. The van der Waals surface area contributed by atoms with Gasteiger partial charge in [0.2, 0.25) is 0 Å². The van der Waals surface area contributed by atoms with E-state index in [1.165, 1.54) is 13.2 Å². The van der Waals surface area contributed by atoms with Crippen LogP contribution in [-0.2, 0) is 16.1 Å². The van der Waals surface area contributed by atoms with E-state index in [2.05, 4.69) is 10.6 Å². The summed E-state index contributed by atoms with van der Waals surface area (Å²) in [5.41, 5.74) is 0.139. The number of amides is 2. The first-order valence-electron chi connectivity index (χ1n) is 6.12. The van der Waals surface area contributed by atoms with Gasteiger partial charge in [-0.05, 0) is 6.07 Å². The predicted octanol–water partition coefficient (Wildman–Crippen LogP) is 1.25. The van der Waals surface area contributed by atoms with Crippen molar-refractivity contribution in [3.05, 3.63) is 35.4 Å². The SMILES string of the molecule is COC(CNC(=O)NCc1ccc(F)cc1F)CC(=O)O. The lowest BCUT2D eigenvalue weighted by atomic mass is 10.2. The molecule has 0 spiro atoms. The van der Waals surface area contributed by atoms with Gasteiger partial charge in [-0.2, -0.15) is 0 Å². The van der Waals surface area contributed by atoms with E-state index in [4.69, 9.17) is 9.84 Å². The number of rotatable bonds is 7. The van der Waals surface area contributed by atoms with Gasteiger partial charge in [0, 0.05) is 31.8 Å². The Morgan fingerprint density at radius 2 is 2.05 bits per heavy atom. The number of ether oxygens (including phenoxy) is 1. The number of carboxylic acids is 1. The van der Waals surface area contributed by atoms with E-state index in [1.807, 2.05) is 0 Å². The minimum Gasteiger partial charge on any atom is -0.481 e. The van der Waals surface area contributed by atoms with E-state index in [9.17, 15) is 18.4 Å². The van der Waals surface area contributed by atoms with Crippen molar-refractivity contribution in [3.8, 4) is 0 Å². The average molecular weight is 302 g/mol. The number of benzene rings is 1. The lowest BCUT2D eigenvalue weighted by Crippen LogP contribution is -2.40. The van der Waals surface area contributed by atoms with Crippen LogP contribution in [0, 0.1) is 11.6 Å². The van der Waals surface area contributed by atoms with Gasteiger partial charge in [-0.25, -0.2) is 13.6 Å². The Morgan fingerprint density at radius 1 is 1.33 bits per heavy atom. The van der Waals surface area contributed by atoms with Gasteiger partial charge in [0.25, 0.3) is 0 Å². The molecule has 8 heteroatoms.